The molecule has 27 heavy (non-hydrogen) atoms. The van der Waals surface area contributed by atoms with Crippen molar-refractivity contribution in [2.45, 2.75) is 11.8 Å². The predicted octanol–water partition coefficient (Wildman–Crippen LogP) is 4.18. The van der Waals surface area contributed by atoms with Crippen molar-refractivity contribution >= 4 is 38.3 Å². The minimum absolute atomic E-state index is 0.203. The van der Waals surface area contributed by atoms with Gasteiger partial charge in [0.25, 0.3) is 10.0 Å². The zero-order chi connectivity index (χ0) is 19.0. The van der Waals surface area contributed by atoms with Gasteiger partial charge in [-0.1, -0.05) is 29.8 Å². The van der Waals surface area contributed by atoms with Crippen molar-refractivity contribution in [1.29, 1.82) is 0 Å². The SMILES string of the molecule is Cc1cc2nn(-c3ccc(Cl)cc3)nc2cc1NS(=O)(=O)c1ccccc1. The summed E-state index contributed by atoms with van der Waals surface area (Å²) in [6, 6.07) is 18.9. The van der Waals surface area contributed by atoms with Gasteiger partial charge in [0.1, 0.15) is 11.0 Å². The number of halogens is 1. The Morgan fingerprint density at radius 3 is 2.22 bits per heavy atom. The lowest BCUT2D eigenvalue weighted by Crippen LogP contribution is -2.13. The molecule has 0 amide bonds. The molecule has 0 aliphatic carbocycles. The molecule has 3 aromatic carbocycles. The fourth-order valence-corrected chi connectivity index (χ4v) is 3.94. The maximum absolute atomic E-state index is 12.6. The third kappa shape index (κ3) is 3.51. The molecule has 6 nitrogen and oxygen atoms in total. The van der Waals surface area contributed by atoms with E-state index in [1.165, 1.54) is 4.80 Å². The number of aromatic nitrogens is 3. The quantitative estimate of drug-likeness (QED) is 0.559. The summed E-state index contributed by atoms with van der Waals surface area (Å²) in [6.07, 6.45) is 0. The van der Waals surface area contributed by atoms with Crippen LogP contribution in [0.2, 0.25) is 5.02 Å². The van der Waals surface area contributed by atoms with Crippen molar-refractivity contribution in [3.05, 3.63) is 77.3 Å². The number of nitrogens with zero attached hydrogens (tertiary/aromatic N) is 3. The standard InChI is InChI=1S/C19H15ClN4O2S/c1-13-11-18-19(22-24(21-18)15-9-7-14(20)8-10-15)12-17(13)23-27(25,26)16-5-3-2-4-6-16/h2-12,23H,1H3. The van der Waals surface area contributed by atoms with E-state index in [9.17, 15) is 8.42 Å². The average molecular weight is 399 g/mol. The van der Waals surface area contributed by atoms with Crippen LogP contribution in [0.3, 0.4) is 0 Å². The topological polar surface area (TPSA) is 76.9 Å². The minimum atomic E-state index is -3.67. The normalized spacial score (nSPS) is 11.6. The lowest BCUT2D eigenvalue weighted by atomic mass is 10.2. The zero-order valence-corrected chi connectivity index (χ0v) is 15.9. The van der Waals surface area contributed by atoms with Crippen LogP contribution in [0.4, 0.5) is 5.69 Å². The van der Waals surface area contributed by atoms with Crippen molar-refractivity contribution in [2.24, 2.45) is 0 Å². The first-order valence-corrected chi connectivity index (χ1v) is 10.00. The Kier molecular flexibility index (Phi) is 4.33. The maximum Gasteiger partial charge on any atom is 0.261 e. The highest BCUT2D eigenvalue weighted by atomic mass is 35.5. The zero-order valence-electron chi connectivity index (χ0n) is 14.3. The molecule has 8 heteroatoms. The Morgan fingerprint density at radius 2 is 1.56 bits per heavy atom. The minimum Gasteiger partial charge on any atom is -0.279 e. The molecule has 1 N–H and O–H groups in total. The van der Waals surface area contributed by atoms with Crippen LogP contribution in [0.15, 0.2) is 71.6 Å². The predicted molar refractivity (Wildman–Crippen MR) is 106 cm³/mol. The molecular formula is C19H15ClN4O2S. The number of nitrogens with one attached hydrogen (secondary N) is 1. The maximum atomic E-state index is 12.6. The van der Waals surface area contributed by atoms with E-state index in [2.05, 4.69) is 14.9 Å². The lowest BCUT2D eigenvalue weighted by Gasteiger charge is -2.10. The molecule has 4 rings (SSSR count). The van der Waals surface area contributed by atoms with Crippen LogP contribution < -0.4 is 4.72 Å². The van der Waals surface area contributed by atoms with Crippen molar-refractivity contribution in [1.82, 2.24) is 15.0 Å². The molecule has 0 bridgehead atoms. The highest BCUT2D eigenvalue weighted by Crippen LogP contribution is 2.25. The van der Waals surface area contributed by atoms with Crippen LogP contribution in [0.1, 0.15) is 5.56 Å². The largest absolute Gasteiger partial charge is 0.279 e. The molecule has 1 aromatic heterocycles. The number of sulfonamides is 1. The number of rotatable bonds is 4. The van der Waals surface area contributed by atoms with Gasteiger partial charge >= 0.3 is 0 Å². The fraction of sp³-hybridized carbons (Fsp3) is 0.0526. The molecule has 0 spiro atoms. The summed E-state index contributed by atoms with van der Waals surface area (Å²) >= 11 is 5.92. The van der Waals surface area contributed by atoms with Crippen molar-refractivity contribution in [3.8, 4) is 5.69 Å². The number of anilines is 1. The van der Waals surface area contributed by atoms with Crippen LogP contribution in [-0.4, -0.2) is 23.4 Å². The molecule has 0 aliphatic rings. The van der Waals surface area contributed by atoms with Crippen LogP contribution in [0, 0.1) is 6.92 Å². The highest BCUT2D eigenvalue weighted by Gasteiger charge is 2.16. The van der Waals surface area contributed by atoms with Gasteiger partial charge in [-0.05, 0) is 61.0 Å². The molecule has 0 fully saturated rings. The van der Waals surface area contributed by atoms with Gasteiger partial charge in [-0.2, -0.15) is 4.80 Å². The molecule has 0 aliphatic heterocycles. The van der Waals surface area contributed by atoms with E-state index in [1.54, 1.807) is 54.6 Å². The van der Waals surface area contributed by atoms with Gasteiger partial charge in [-0.15, -0.1) is 10.2 Å². The Labute approximate surface area is 161 Å². The molecule has 136 valence electrons. The Hall–Kier alpha value is -2.90. The molecule has 4 aromatic rings. The second-order valence-electron chi connectivity index (χ2n) is 6.04. The second kappa shape index (κ2) is 6.68. The Balaban J connectivity index is 1.72. The summed E-state index contributed by atoms with van der Waals surface area (Å²) in [5, 5.41) is 9.53. The van der Waals surface area contributed by atoms with Crippen LogP contribution in [0.25, 0.3) is 16.7 Å². The van der Waals surface area contributed by atoms with Gasteiger partial charge in [0.2, 0.25) is 0 Å². The van der Waals surface area contributed by atoms with Crippen LogP contribution in [-0.2, 0) is 10.0 Å². The molecular weight excluding hydrogens is 384 g/mol. The van der Waals surface area contributed by atoms with Gasteiger partial charge in [-0.3, -0.25) is 4.72 Å². The van der Waals surface area contributed by atoms with Gasteiger partial charge in [0, 0.05) is 5.02 Å². The summed E-state index contributed by atoms with van der Waals surface area (Å²) in [5.74, 6) is 0. The molecule has 0 radical (unpaired) electrons. The summed E-state index contributed by atoms with van der Waals surface area (Å²) in [5.41, 5.74) is 3.24. The summed E-state index contributed by atoms with van der Waals surface area (Å²) in [6.45, 7) is 1.82. The first-order valence-electron chi connectivity index (χ1n) is 8.14. The number of hydrogen-bond donors (Lipinski definition) is 1. The average Bonchev–Trinajstić information content (AvgIpc) is 3.06. The third-order valence-corrected chi connectivity index (χ3v) is 5.72. The van der Waals surface area contributed by atoms with E-state index in [0.717, 1.165) is 11.3 Å². The second-order valence-corrected chi connectivity index (χ2v) is 8.16. The van der Waals surface area contributed by atoms with Gasteiger partial charge in [0.15, 0.2) is 0 Å². The number of hydrogen-bond acceptors (Lipinski definition) is 4. The molecule has 0 atom stereocenters. The molecule has 1 heterocycles. The highest BCUT2D eigenvalue weighted by molar-refractivity contribution is 7.92. The fourth-order valence-electron chi connectivity index (χ4n) is 2.67. The smallest absolute Gasteiger partial charge is 0.261 e. The van der Waals surface area contributed by atoms with Crippen molar-refractivity contribution in [2.75, 3.05) is 4.72 Å². The molecule has 0 saturated carbocycles. The van der Waals surface area contributed by atoms with Gasteiger partial charge < -0.3 is 0 Å². The number of fused-ring (bicyclic) bond motifs is 1. The molecule has 0 saturated heterocycles. The van der Waals surface area contributed by atoms with Gasteiger partial charge in [0.05, 0.1) is 16.3 Å². The van der Waals surface area contributed by atoms with Crippen molar-refractivity contribution < 1.29 is 8.42 Å². The first kappa shape index (κ1) is 17.5. The van der Waals surface area contributed by atoms with E-state index in [1.807, 2.05) is 19.1 Å². The molecule has 0 unspecified atom stereocenters. The van der Waals surface area contributed by atoms with E-state index in [0.29, 0.717) is 21.7 Å². The summed E-state index contributed by atoms with van der Waals surface area (Å²) < 4.78 is 27.8. The lowest BCUT2D eigenvalue weighted by molar-refractivity contribution is 0.601. The first-order chi connectivity index (χ1) is 12.9. The number of benzene rings is 3. The monoisotopic (exact) mass is 398 g/mol. The number of aryl methyl sites for hydroxylation is 1. The van der Waals surface area contributed by atoms with E-state index >= 15 is 0 Å². The summed E-state index contributed by atoms with van der Waals surface area (Å²) in [4.78, 5) is 1.70. The summed E-state index contributed by atoms with van der Waals surface area (Å²) in [7, 11) is -3.67. The van der Waals surface area contributed by atoms with Gasteiger partial charge in [-0.25, -0.2) is 8.42 Å². The van der Waals surface area contributed by atoms with E-state index < -0.39 is 10.0 Å². The van der Waals surface area contributed by atoms with Crippen molar-refractivity contribution in [3.63, 3.8) is 0 Å². The third-order valence-electron chi connectivity index (χ3n) is 4.08. The van der Waals surface area contributed by atoms with E-state index in [-0.39, 0.29) is 4.90 Å². The van der Waals surface area contributed by atoms with Crippen LogP contribution >= 0.6 is 11.6 Å². The van der Waals surface area contributed by atoms with E-state index in [4.69, 9.17) is 11.6 Å². The Morgan fingerprint density at radius 1 is 0.926 bits per heavy atom. The van der Waals surface area contributed by atoms with Crippen LogP contribution in [0.5, 0.6) is 0 Å². The Bertz CT molecular complexity index is 1220.